The maximum absolute atomic E-state index is 6.20. The van der Waals surface area contributed by atoms with E-state index in [9.17, 15) is 0 Å². The number of nitrogens with one attached hydrogen (secondary N) is 1. The molecule has 0 aliphatic heterocycles. The number of para-hydroxylation sites is 1. The average molecular weight is 267 g/mol. The minimum atomic E-state index is 0.0695. The molecule has 1 heterocycles. The van der Waals surface area contributed by atoms with Crippen LogP contribution in [-0.2, 0) is 5.54 Å². The zero-order chi connectivity index (χ0) is 12.2. The predicted octanol–water partition coefficient (Wildman–Crippen LogP) is 4.50. The van der Waals surface area contributed by atoms with Crippen LogP contribution in [0.3, 0.4) is 0 Å². The van der Waals surface area contributed by atoms with Crippen LogP contribution in [0.25, 0.3) is 11.0 Å². The Hall–Kier alpha value is -0.800. The third-order valence-corrected chi connectivity index (χ3v) is 4.42. The molecule has 1 aliphatic carbocycles. The van der Waals surface area contributed by atoms with Crippen molar-refractivity contribution in [1.29, 1.82) is 0 Å². The number of rotatable bonds is 2. The van der Waals surface area contributed by atoms with Crippen LogP contribution in [0, 0.1) is 10.7 Å². The van der Waals surface area contributed by atoms with Gasteiger partial charge in [0.1, 0.15) is 0 Å². The van der Waals surface area contributed by atoms with Gasteiger partial charge < -0.3 is 9.55 Å². The van der Waals surface area contributed by atoms with Gasteiger partial charge in [-0.3, -0.25) is 0 Å². The summed E-state index contributed by atoms with van der Waals surface area (Å²) in [7, 11) is 0. The average Bonchev–Trinajstić information content (AvgIpc) is 3.03. The van der Waals surface area contributed by atoms with Crippen molar-refractivity contribution in [3.63, 3.8) is 0 Å². The van der Waals surface area contributed by atoms with Crippen molar-refractivity contribution < 1.29 is 0 Å². The van der Waals surface area contributed by atoms with E-state index in [-0.39, 0.29) is 5.54 Å². The summed E-state index contributed by atoms with van der Waals surface area (Å²) >= 11 is 11.7. The number of imidazole rings is 1. The molecule has 0 saturated heterocycles. The lowest BCUT2D eigenvalue weighted by Gasteiger charge is -2.27. The quantitative estimate of drug-likeness (QED) is 0.794. The summed E-state index contributed by atoms with van der Waals surface area (Å²) in [4.78, 5) is 3.23. The SMILES string of the molecule is CC(C)(C1CC1)n1c(=S)[nH]c2c(Cl)cccc21. The lowest BCUT2D eigenvalue weighted by molar-refractivity contribution is 0.310. The molecule has 1 aromatic carbocycles. The van der Waals surface area contributed by atoms with Crippen LogP contribution in [0.4, 0.5) is 0 Å². The van der Waals surface area contributed by atoms with Gasteiger partial charge in [0, 0.05) is 5.54 Å². The molecule has 90 valence electrons. The van der Waals surface area contributed by atoms with E-state index in [0.717, 1.165) is 26.7 Å². The standard InChI is InChI=1S/C13H15ClN2S/c1-13(2,8-6-7-8)16-10-5-3-4-9(14)11(10)15-12(16)17/h3-5,8H,6-7H2,1-2H3,(H,15,17). The molecule has 0 amide bonds. The number of fused-ring (bicyclic) bond motifs is 1. The van der Waals surface area contributed by atoms with Gasteiger partial charge >= 0.3 is 0 Å². The molecule has 3 rings (SSSR count). The molecule has 17 heavy (non-hydrogen) atoms. The van der Waals surface area contributed by atoms with E-state index in [1.807, 2.05) is 12.1 Å². The van der Waals surface area contributed by atoms with Crippen molar-refractivity contribution >= 4 is 34.9 Å². The number of hydrogen-bond acceptors (Lipinski definition) is 1. The fourth-order valence-corrected chi connectivity index (χ4v) is 3.29. The number of nitrogens with zero attached hydrogens (tertiary/aromatic N) is 1. The van der Waals surface area contributed by atoms with E-state index in [0.29, 0.717) is 0 Å². The summed E-state index contributed by atoms with van der Waals surface area (Å²) in [6.07, 6.45) is 2.59. The molecule has 0 atom stereocenters. The second-order valence-corrected chi connectivity index (χ2v) is 6.12. The van der Waals surface area contributed by atoms with Crippen molar-refractivity contribution in [3.05, 3.63) is 28.0 Å². The predicted molar refractivity (Wildman–Crippen MR) is 74.2 cm³/mol. The number of hydrogen-bond donors (Lipinski definition) is 1. The van der Waals surface area contributed by atoms with Crippen LogP contribution < -0.4 is 0 Å². The summed E-state index contributed by atoms with van der Waals surface area (Å²) < 4.78 is 2.99. The van der Waals surface area contributed by atoms with Gasteiger partial charge in [-0.1, -0.05) is 17.7 Å². The Bertz CT molecular complexity index is 634. The van der Waals surface area contributed by atoms with Crippen LogP contribution in [0.5, 0.6) is 0 Å². The molecule has 1 saturated carbocycles. The lowest BCUT2D eigenvalue weighted by atomic mass is 9.98. The van der Waals surface area contributed by atoms with E-state index in [2.05, 4.69) is 29.5 Å². The fraction of sp³-hybridized carbons (Fsp3) is 0.462. The molecular formula is C13H15ClN2S. The Balaban J connectivity index is 2.32. The van der Waals surface area contributed by atoms with Gasteiger partial charge in [0.15, 0.2) is 4.77 Å². The third-order valence-electron chi connectivity index (χ3n) is 3.82. The molecule has 1 aromatic heterocycles. The maximum Gasteiger partial charge on any atom is 0.178 e. The van der Waals surface area contributed by atoms with Crippen LogP contribution in [-0.4, -0.2) is 9.55 Å². The summed E-state index contributed by atoms with van der Waals surface area (Å²) in [6, 6.07) is 5.95. The van der Waals surface area contributed by atoms with Gasteiger partial charge in [-0.25, -0.2) is 0 Å². The maximum atomic E-state index is 6.20. The smallest absolute Gasteiger partial charge is 0.178 e. The number of aromatic nitrogens is 2. The van der Waals surface area contributed by atoms with Gasteiger partial charge in [0.25, 0.3) is 0 Å². The first kappa shape index (κ1) is 11.3. The Kier molecular flexibility index (Phi) is 2.39. The van der Waals surface area contributed by atoms with Crippen LogP contribution >= 0.6 is 23.8 Å². The van der Waals surface area contributed by atoms with Gasteiger partial charge in [0.2, 0.25) is 0 Å². The van der Waals surface area contributed by atoms with Crippen molar-refractivity contribution in [3.8, 4) is 0 Å². The highest BCUT2D eigenvalue weighted by molar-refractivity contribution is 7.71. The fourth-order valence-electron chi connectivity index (χ4n) is 2.64. The largest absolute Gasteiger partial charge is 0.329 e. The van der Waals surface area contributed by atoms with Gasteiger partial charge in [0.05, 0.1) is 16.1 Å². The number of halogens is 1. The first-order valence-corrected chi connectivity index (χ1v) is 6.70. The Morgan fingerprint density at radius 3 is 2.76 bits per heavy atom. The van der Waals surface area contributed by atoms with Crippen molar-refractivity contribution in [2.24, 2.45) is 5.92 Å². The molecule has 1 fully saturated rings. The molecule has 2 aromatic rings. The topological polar surface area (TPSA) is 20.7 Å². The molecule has 2 nitrogen and oxygen atoms in total. The Labute approximate surface area is 111 Å². The highest BCUT2D eigenvalue weighted by Gasteiger charge is 2.40. The third kappa shape index (κ3) is 1.64. The van der Waals surface area contributed by atoms with E-state index in [1.54, 1.807) is 0 Å². The number of aromatic amines is 1. The summed E-state index contributed by atoms with van der Waals surface area (Å²) in [5.74, 6) is 0.729. The lowest BCUT2D eigenvalue weighted by Crippen LogP contribution is -2.28. The monoisotopic (exact) mass is 266 g/mol. The minimum absolute atomic E-state index is 0.0695. The highest BCUT2D eigenvalue weighted by atomic mass is 35.5. The number of benzene rings is 1. The Morgan fingerprint density at radius 1 is 1.41 bits per heavy atom. The highest BCUT2D eigenvalue weighted by Crippen LogP contribution is 2.45. The van der Waals surface area contributed by atoms with Crippen molar-refractivity contribution in [1.82, 2.24) is 9.55 Å². The molecule has 4 heteroatoms. The first-order valence-electron chi connectivity index (χ1n) is 5.91. The van der Waals surface area contributed by atoms with Crippen LogP contribution in [0.1, 0.15) is 26.7 Å². The van der Waals surface area contributed by atoms with Crippen molar-refractivity contribution in [2.75, 3.05) is 0 Å². The molecule has 0 unspecified atom stereocenters. The van der Waals surface area contributed by atoms with E-state index < -0.39 is 0 Å². The molecule has 1 aliphatic rings. The molecule has 0 bridgehead atoms. The van der Waals surface area contributed by atoms with E-state index >= 15 is 0 Å². The minimum Gasteiger partial charge on any atom is -0.329 e. The second kappa shape index (κ2) is 3.59. The summed E-state index contributed by atoms with van der Waals surface area (Å²) in [5, 5.41) is 0.735. The molecule has 0 radical (unpaired) electrons. The molecular weight excluding hydrogens is 252 g/mol. The number of H-pyrrole nitrogens is 1. The normalized spacial score (nSPS) is 16.6. The second-order valence-electron chi connectivity index (χ2n) is 5.33. The zero-order valence-corrected chi connectivity index (χ0v) is 11.5. The van der Waals surface area contributed by atoms with Gasteiger partial charge in [-0.15, -0.1) is 0 Å². The van der Waals surface area contributed by atoms with Gasteiger partial charge in [-0.05, 0) is 57.0 Å². The van der Waals surface area contributed by atoms with E-state index in [1.165, 1.54) is 12.8 Å². The molecule has 0 spiro atoms. The van der Waals surface area contributed by atoms with Crippen LogP contribution in [0.2, 0.25) is 5.02 Å². The van der Waals surface area contributed by atoms with Crippen molar-refractivity contribution in [2.45, 2.75) is 32.2 Å². The summed E-state index contributed by atoms with van der Waals surface area (Å²) in [6.45, 7) is 4.52. The Morgan fingerprint density at radius 2 is 2.12 bits per heavy atom. The van der Waals surface area contributed by atoms with Crippen LogP contribution in [0.15, 0.2) is 18.2 Å². The van der Waals surface area contributed by atoms with Gasteiger partial charge in [-0.2, -0.15) is 0 Å². The summed E-state index contributed by atoms with van der Waals surface area (Å²) in [5.41, 5.74) is 2.13. The first-order chi connectivity index (χ1) is 8.01. The zero-order valence-electron chi connectivity index (χ0n) is 9.96. The van der Waals surface area contributed by atoms with E-state index in [4.69, 9.17) is 23.8 Å². The molecule has 1 N–H and O–H groups in total.